The molecule has 1 fully saturated rings. The molecule has 2 N–H and O–H groups in total. The van der Waals surface area contributed by atoms with Gasteiger partial charge in [-0.15, -0.1) is 0 Å². The molecule has 150 valence electrons. The molecule has 0 saturated heterocycles. The number of hydrogen-bond donors (Lipinski definition) is 2. The maximum Gasteiger partial charge on any atom is 0.233 e. The Morgan fingerprint density at radius 1 is 0.964 bits per heavy atom. The number of anilines is 1. The minimum absolute atomic E-state index is 0.0833. The fraction of sp³-hybridized carbons (Fsp3) is 0.300. The first-order chi connectivity index (χ1) is 13.0. The van der Waals surface area contributed by atoms with Gasteiger partial charge in [0.05, 0.1) is 6.26 Å². The Morgan fingerprint density at radius 2 is 1.61 bits per heavy atom. The van der Waals surface area contributed by atoms with E-state index in [4.69, 9.17) is 0 Å². The van der Waals surface area contributed by atoms with Crippen molar-refractivity contribution in [1.29, 1.82) is 0 Å². The first kappa shape index (κ1) is 20.6. The topological polar surface area (TPSA) is 92.3 Å². The molecule has 0 bridgehead atoms. The summed E-state index contributed by atoms with van der Waals surface area (Å²) in [6.07, 6.45) is 4.54. The maximum atomic E-state index is 12.0. The minimum Gasteiger partial charge on any atom is -0.284 e. The third kappa shape index (κ3) is 5.67. The number of sulfonamides is 2. The molecular weight excluding hydrogens is 396 g/mol. The molecule has 2 aromatic carbocycles. The highest BCUT2D eigenvalue weighted by Gasteiger charge is 2.25. The van der Waals surface area contributed by atoms with Crippen molar-refractivity contribution in [1.82, 2.24) is 4.72 Å². The van der Waals surface area contributed by atoms with Crippen LogP contribution in [-0.2, 0) is 20.0 Å². The monoisotopic (exact) mass is 420 g/mol. The van der Waals surface area contributed by atoms with Gasteiger partial charge in [-0.3, -0.25) is 4.72 Å². The third-order valence-electron chi connectivity index (χ3n) is 4.45. The Kier molecular flexibility index (Phi) is 5.65. The predicted molar refractivity (Wildman–Crippen MR) is 114 cm³/mol. The highest BCUT2D eigenvalue weighted by Crippen LogP contribution is 2.28. The van der Waals surface area contributed by atoms with Crippen molar-refractivity contribution in [2.45, 2.75) is 32.7 Å². The molecule has 0 heterocycles. The van der Waals surface area contributed by atoms with Gasteiger partial charge in [0.2, 0.25) is 20.0 Å². The van der Waals surface area contributed by atoms with Crippen LogP contribution in [0.4, 0.5) is 5.69 Å². The SMILES string of the molecule is Cc1cc(-c2ccc(NS(C)(=O)=O)cc2)c(C)cc1C=CS(=O)(=O)NC1CC1. The van der Waals surface area contributed by atoms with E-state index in [1.54, 1.807) is 18.2 Å². The van der Waals surface area contributed by atoms with Crippen molar-refractivity contribution in [2.24, 2.45) is 0 Å². The van der Waals surface area contributed by atoms with Gasteiger partial charge in [0.1, 0.15) is 0 Å². The van der Waals surface area contributed by atoms with Crippen molar-refractivity contribution >= 4 is 31.8 Å². The number of benzene rings is 2. The summed E-state index contributed by atoms with van der Waals surface area (Å²) < 4.78 is 51.8. The van der Waals surface area contributed by atoms with E-state index in [1.165, 1.54) is 5.41 Å². The zero-order chi connectivity index (χ0) is 20.5. The van der Waals surface area contributed by atoms with Crippen LogP contribution >= 0.6 is 0 Å². The van der Waals surface area contributed by atoms with E-state index in [-0.39, 0.29) is 6.04 Å². The lowest BCUT2D eigenvalue weighted by molar-refractivity contribution is 0.590. The Balaban J connectivity index is 1.83. The van der Waals surface area contributed by atoms with Crippen molar-refractivity contribution in [3.05, 3.63) is 58.5 Å². The molecule has 2 aromatic rings. The van der Waals surface area contributed by atoms with Crippen LogP contribution < -0.4 is 9.44 Å². The summed E-state index contributed by atoms with van der Waals surface area (Å²) in [5.74, 6) is 0. The van der Waals surface area contributed by atoms with Crippen molar-refractivity contribution in [3.8, 4) is 11.1 Å². The van der Waals surface area contributed by atoms with E-state index < -0.39 is 20.0 Å². The number of aryl methyl sites for hydroxylation is 2. The smallest absolute Gasteiger partial charge is 0.233 e. The zero-order valence-corrected chi connectivity index (χ0v) is 17.7. The van der Waals surface area contributed by atoms with E-state index in [1.807, 2.05) is 38.1 Å². The molecule has 0 radical (unpaired) electrons. The highest BCUT2D eigenvalue weighted by molar-refractivity contribution is 7.92. The van der Waals surface area contributed by atoms with Crippen LogP contribution in [-0.4, -0.2) is 29.1 Å². The van der Waals surface area contributed by atoms with Gasteiger partial charge < -0.3 is 0 Å². The Labute approximate surface area is 166 Å². The van der Waals surface area contributed by atoms with Crippen LogP contribution in [0.1, 0.15) is 29.5 Å². The molecule has 3 rings (SSSR count). The fourth-order valence-corrected chi connectivity index (χ4v) is 4.57. The quantitative estimate of drug-likeness (QED) is 0.718. The van der Waals surface area contributed by atoms with Gasteiger partial charge in [-0.2, -0.15) is 0 Å². The predicted octanol–water partition coefficient (Wildman–Crippen LogP) is 3.39. The summed E-state index contributed by atoms with van der Waals surface area (Å²) in [7, 11) is -6.72. The second-order valence-corrected chi connectivity index (χ2v) is 10.6. The second-order valence-electron chi connectivity index (χ2n) is 7.22. The van der Waals surface area contributed by atoms with Crippen LogP contribution in [0, 0.1) is 13.8 Å². The lowest BCUT2D eigenvalue weighted by Crippen LogP contribution is -2.23. The lowest BCUT2D eigenvalue weighted by Gasteiger charge is -2.12. The van der Waals surface area contributed by atoms with Crippen molar-refractivity contribution in [3.63, 3.8) is 0 Å². The van der Waals surface area contributed by atoms with Gasteiger partial charge in [-0.05, 0) is 72.7 Å². The molecule has 8 heteroatoms. The van der Waals surface area contributed by atoms with Crippen LogP contribution in [0.2, 0.25) is 0 Å². The largest absolute Gasteiger partial charge is 0.284 e. The van der Waals surface area contributed by atoms with Gasteiger partial charge in [0, 0.05) is 17.1 Å². The first-order valence-corrected chi connectivity index (χ1v) is 12.4. The molecule has 0 unspecified atom stereocenters. The Bertz CT molecular complexity index is 1120. The van der Waals surface area contributed by atoms with Crippen LogP contribution in [0.15, 0.2) is 41.8 Å². The van der Waals surface area contributed by atoms with Gasteiger partial charge in [0.15, 0.2) is 0 Å². The van der Waals surface area contributed by atoms with E-state index in [9.17, 15) is 16.8 Å². The van der Waals surface area contributed by atoms with Gasteiger partial charge in [0.25, 0.3) is 0 Å². The van der Waals surface area contributed by atoms with Gasteiger partial charge in [-0.1, -0.05) is 24.3 Å². The summed E-state index contributed by atoms with van der Waals surface area (Å²) in [4.78, 5) is 0. The summed E-state index contributed by atoms with van der Waals surface area (Å²) >= 11 is 0. The second kappa shape index (κ2) is 7.69. The summed E-state index contributed by atoms with van der Waals surface area (Å²) in [5.41, 5.74) is 5.28. The van der Waals surface area contributed by atoms with Crippen molar-refractivity contribution in [2.75, 3.05) is 11.0 Å². The van der Waals surface area contributed by atoms with Crippen molar-refractivity contribution < 1.29 is 16.8 Å². The molecule has 28 heavy (non-hydrogen) atoms. The first-order valence-electron chi connectivity index (χ1n) is 8.92. The maximum absolute atomic E-state index is 12.0. The van der Waals surface area contributed by atoms with E-state index >= 15 is 0 Å². The van der Waals surface area contributed by atoms with Gasteiger partial charge in [-0.25, -0.2) is 21.6 Å². The molecule has 0 aromatic heterocycles. The molecule has 1 saturated carbocycles. The molecule has 0 atom stereocenters. The molecule has 0 amide bonds. The average molecular weight is 421 g/mol. The minimum atomic E-state index is -3.41. The third-order valence-corrected chi connectivity index (χ3v) is 6.21. The lowest BCUT2D eigenvalue weighted by atomic mass is 9.95. The molecule has 6 nitrogen and oxygen atoms in total. The normalized spacial score (nSPS) is 15.1. The Hall–Kier alpha value is -2.16. The summed E-state index contributed by atoms with van der Waals surface area (Å²) in [6, 6.07) is 11.2. The Morgan fingerprint density at radius 3 is 2.18 bits per heavy atom. The average Bonchev–Trinajstić information content (AvgIpc) is 3.38. The summed E-state index contributed by atoms with van der Waals surface area (Å²) in [5, 5.41) is 1.22. The van der Waals surface area contributed by atoms with E-state index in [0.29, 0.717) is 5.69 Å². The molecule has 0 aliphatic heterocycles. The molecule has 0 spiro atoms. The van der Waals surface area contributed by atoms with Crippen LogP contribution in [0.3, 0.4) is 0 Å². The van der Waals surface area contributed by atoms with Crippen LogP contribution in [0.25, 0.3) is 17.2 Å². The number of rotatable bonds is 7. The molecule has 1 aliphatic rings. The summed E-state index contributed by atoms with van der Waals surface area (Å²) in [6.45, 7) is 3.90. The fourth-order valence-electron chi connectivity index (χ4n) is 2.90. The number of hydrogen-bond acceptors (Lipinski definition) is 4. The standard InChI is InChI=1S/C20H24N2O4S2/c1-14-13-20(16-4-6-18(7-5-16)21-27(3,23)24)15(2)12-17(14)10-11-28(25,26)22-19-8-9-19/h4-7,10-13,19,21-22H,8-9H2,1-3H3. The van der Waals surface area contributed by atoms with Gasteiger partial charge >= 0.3 is 0 Å². The zero-order valence-electron chi connectivity index (χ0n) is 16.1. The van der Waals surface area contributed by atoms with E-state index in [2.05, 4.69) is 9.44 Å². The molecule has 1 aliphatic carbocycles. The van der Waals surface area contributed by atoms with E-state index in [0.717, 1.165) is 46.9 Å². The van der Waals surface area contributed by atoms with Crippen LogP contribution in [0.5, 0.6) is 0 Å². The molecular formula is C20H24N2O4S2. The number of nitrogens with one attached hydrogen (secondary N) is 2. The highest BCUT2D eigenvalue weighted by atomic mass is 32.2.